The minimum atomic E-state index is -0.0260. The van der Waals surface area contributed by atoms with E-state index in [1.165, 1.54) is 38.5 Å². The maximum Gasteiger partial charge on any atom is 0.114 e. The first-order valence-corrected chi connectivity index (χ1v) is 33.1. The standard InChI is InChI=1S/C9H19NO.C8H17NO.C8H19NO.2C7H17NO.C6H13NO.3C6H15NO.C5H13NO/c1-3-6-11-8-9(4-5-9)7-10-2;1-3-10-7-8(4-5-8)6-9-2;1-5-10-7-8(2,3)6-9-4;1-7(2,5-8-3)6-9-4;1-5-9-7(2,3)6-8-4;1-7-5-6(8-2)3-4-6;1-6(4-7-2)5-8-3;1-6(2,8-4)5-7-3;1-4-8-6(2)5-7-3;1-5(7-3)4-6-2/h2-8,10H2,1H3;2-7,9H2,1H3;4-7,9H2,1-3H3;3,5-6,8H2,1-2,4H3;4-6,8H2,1-3H3;1,3-5,7H2,2H3;6H,2,4-5,7H2,1,3H3;3,5,7H2,1-2,4H3;6H,3-5,7H2,1-2H3;5H,2,4,6H2,1,3H3. The van der Waals surface area contributed by atoms with Crippen molar-refractivity contribution in [2.24, 2.45) is 27.6 Å². The second-order valence-corrected chi connectivity index (χ2v) is 26.0. The zero-order valence-corrected chi connectivity index (χ0v) is 62.3. The topological polar surface area (TPSA) is 258 Å². The van der Waals surface area contributed by atoms with Gasteiger partial charge in [0.1, 0.15) is 29.0 Å². The lowest BCUT2D eigenvalue weighted by Crippen LogP contribution is -2.81. The van der Waals surface area contributed by atoms with E-state index < -0.39 is 0 Å². The van der Waals surface area contributed by atoms with Crippen LogP contribution in [0.5, 0.6) is 0 Å². The summed E-state index contributed by atoms with van der Waals surface area (Å²) in [5.41, 5.74) is 1.73. The van der Waals surface area contributed by atoms with Crippen molar-refractivity contribution in [1.29, 1.82) is 0 Å². The van der Waals surface area contributed by atoms with Gasteiger partial charge in [-0.2, -0.15) is 70.5 Å². The second-order valence-electron chi connectivity index (χ2n) is 26.0. The number of rotatable bonds is 41. The molecule has 3 atom stereocenters. The van der Waals surface area contributed by atoms with Crippen LogP contribution < -0.4 is 53.2 Å². The van der Waals surface area contributed by atoms with Crippen LogP contribution in [0.3, 0.4) is 0 Å². The van der Waals surface area contributed by atoms with Crippen molar-refractivity contribution in [2.45, 2.75) is 185 Å². The fourth-order valence-electron chi connectivity index (χ4n) is 7.88. The molecular weight excluding hydrogens is 1120 g/mol. The molecule has 0 aromatic rings. The van der Waals surface area contributed by atoms with Gasteiger partial charge < -0.3 is 101 Å². The largest absolute Gasteiger partial charge is 0.479 e. The zero-order chi connectivity index (χ0) is 69.5. The first-order valence-electron chi connectivity index (χ1n) is 33.1. The average Bonchev–Trinajstić information content (AvgIpc) is 3.04. The van der Waals surface area contributed by atoms with Gasteiger partial charge in [-0.05, 0) is 114 Å². The third kappa shape index (κ3) is 75.9. The van der Waals surface area contributed by atoms with Gasteiger partial charge in [-0.1, -0.05) is 41.5 Å². The fraction of sp³-hybridized carbons (Fsp3) is 0.853. The highest BCUT2D eigenvalue weighted by molar-refractivity contribution is 4.94. The minimum absolute atomic E-state index is 0.0174. The number of quaternary nitrogens is 10. The number of ether oxygens (including phenoxy) is 10. The quantitative estimate of drug-likeness (QED) is 0.0273. The molecule has 0 aromatic carbocycles. The Kier molecular flexibility index (Phi) is 75.8. The molecule has 3 aliphatic rings. The number of methoxy groups -OCH3 is 5. The van der Waals surface area contributed by atoms with Crippen LogP contribution in [0.1, 0.15) is 156 Å². The van der Waals surface area contributed by atoms with Crippen molar-refractivity contribution in [2.75, 3.05) is 167 Å². The predicted octanol–water partition coefficient (Wildman–Crippen LogP) is -0.666. The molecule has 3 unspecified atom stereocenters. The highest BCUT2D eigenvalue weighted by Gasteiger charge is 2.45. The van der Waals surface area contributed by atoms with Crippen LogP contribution in [-0.4, -0.2) is 196 Å². The molecular formula is C68H160N10O10. The van der Waals surface area contributed by atoms with E-state index in [-0.39, 0.29) is 27.6 Å². The highest BCUT2D eigenvalue weighted by Crippen LogP contribution is 2.45. The van der Waals surface area contributed by atoms with Gasteiger partial charge in [-0.3, -0.25) is 0 Å². The van der Waals surface area contributed by atoms with Crippen LogP contribution in [0.2, 0.25) is 0 Å². The van der Waals surface area contributed by atoms with Gasteiger partial charge in [-0.25, -0.2) is 0 Å². The molecule has 0 heterocycles. The van der Waals surface area contributed by atoms with Crippen LogP contribution in [0.15, 0.2) is 0 Å². The second kappa shape index (κ2) is 66.2. The zero-order valence-electron chi connectivity index (χ0n) is 62.3. The summed E-state index contributed by atoms with van der Waals surface area (Å²) in [6.45, 7) is 51.9. The van der Waals surface area contributed by atoms with Crippen molar-refractivity contribution in [1.82, 2.24) is 0 Å². The molecule has 3 aliphatic carbocycles. The van der Waals surface area contributed by atoms with Gasteiger partial charge in [0, 0.05) is 96.2 Å². The predicted molar refractivity (Wildman–Crippen MR) is 363 cm³/mol. The van der Waals surface area contributed by atoms with E-state index in [9.17, 15) is 0 Å². The molecule has 3 fully saturated rings. The third-order valence-electron chi connectivity index (χ3n) is 14.1. The van der Waals surface area contributed by atoms with E-state index in [4.69, 9.17) is 47.4 Å². The van der Waals surface area contributed by atoms with E-state index in [1.807, 2.05) is 109 Å². The molecule has 542 valence electrons. The van der Waals surface area contributed by atoms with Crippen LogP contribution in [0, 0.1) is 98.1 Å². The Morgan fingerprint density at radius 3 is 1.15 bits per heavy atom. The van der Waals surface area contributed by atoms with Gasteiger partial charge in [-0.15, -0.1) is 0 Å². The molecule has 0 bridgehead atoms. The summed E-state index contributed by atoms with van der Waals surface area (Å²) in [7, 11) is 45.2. The summed E-state index contributed by atoms with van der Waals surface area (Å²) in [6, 6.07) is 0. The van der Waals surface area contributed by atoms with Gasteiger partial charge in [0.2, 0.25) is 0 Å². The van der Waals surface area contributed by atoms with E-state index in [0.717, 1.165) is 138 Å². The molecule has 20 nitrogen and oxygen atoms in total. The van der Waals surface area contributed by atoms with Gasteiger partial charge >= 0.3 is 0 Å². The van der Waals surface area contributed by atoms with Crippen LogP contribution in [-0.2, 0) is 47.4 Å². The van der Waals surface area contributed by atoms with Crippen molar-refractivity contribution < 1.29 is 101 Å². The maximum absolute atomic E-state index is 5.51. The molecule has 3 rings (SSSR count). The van der Waals surface area contributed by atoms with Crippen LogP contribution in [0.4, 0.5) is 0 Å². The monoisotopic (exact) mass is 1280 g/mol. The van der Waals surface area contributed by atoms with Gasteiger partial charge in [0.15, 0.2) is 0 Å². The normalized spacial score (nSPS) is 15.6. The first-order chi connectivity index (χ1) is 41.4. The lowest BCUT2D eigenvalue weighted by Gasteiger charge is -2.23. The van der Waals surface area contributed by atoms with Gasteiger partial charge in [0.25, 0.3) is 0 Å². The Morgan fingerprint density at radius 2 is 0.864 bits per heavy atom. The molecule has 0 aliphatic heterocycles. The van der Waals surface area contributed by atoms with Crippen LogP contribution >= 0.6 is 0 Å². The molecule has 0 spiro atoms. The lowest BCUT2D eigenvalue weighted by atomic mass is 9.95. The molecule has 20 heteroatoms. The third-order valence-corrected chi connectivity index (χ3v) is 14.1. The molecule has 3 saturated carbocycles. The number of hydrogen-bond acceptors (Lipinski definition) is 10. The van der Waals surface area contributed by atoms with E-state index in [1.54, 1.807) is 35.5 Å². The average molecular weight is 1280 g/mol. The lowest BCUT2D eigenvalue weighted by molar-refractivity contribution is -0.610. The number of hydrogen-bond donors (Lipinski definition) is 10. The molecule has 0 radical (unpaired) electrons. The van der Waals surface area contributed by atoms with Crippen molar-refractivity contribution in [3.05, 3.63) is 70.5 Å². The fourth-order valence-corrected chi connectivity index (χ4v) is 7.88. The smallest absolute Gasteiger partial charge is 0.114 e. The molecule has 0 saturated heterocycles. The molecule has 0 amide bonds. The minimum Gasteiger partial charge on any atom is -0.479 e. The van der Waals surface area contributed by atoms with E-state index >= 15 is 0 Å². The molecule has 88 heavy (non-hydrogen) atoms. The Morgan fingerprint density at radius 1 is 0.432 bits per heavy atom. The maximum atomic E-state index is 5.51. The molecule has 20 N–H and O–H groups in total. The van der Waals surface area contributed by atoms with E-state index in [0.29, 0.717) is 29.0 Å². The first kappa shape index (κ1) is 101. The number of nitrogens with two attached hydrogens (primary N) is 10. The highest BCUT2D eigenvalue weighted by atomic mass is 16.5. The summed E-state index contributed by atoms with van der Waals surface area (Å²) in [5.74, 6) is 0.623. The summed E-state index contributed by atoms with van der Waals surface area (Å²) in [6.07, 6.45) is 9.58. The molecule has 0 aromatic heterocycles. The van der Waals surface area contributed by atoms with Gasteiger partial charge in [0.05, 0.1) is 98.5 Å². The Balaban J connectivity index is -0.000000166. The van der Waals surface area contributed by atoms with Crippen molar-refractivity contribution in [3.8, 4) is 0 Å². The SMILES string of the molecule is [CH2-][NH2+]CC(C)(C)COC.[CH2-][NH2+]CC(C)(C)COCC.[CH2-][NH2+]CC(C)(C)OC.[CH2-][NH2+]CC(C)(C)OCC.[CH2-][NH2+]CC(C)COC.[CH2-][NH2+]CC(C)OC.[CH2-][NH2+]CC(C)OCC.[CH2-][NH2+]CC1(COCC)CC1.[CH2-][NH2+]CC1(COCCC)CC1.[CH2-][NH2+]CC1(OC)CC1. The van der Waals surface area contributed by atoms with Crippen molar-refractivity contribution >= 4 is 0 Å². The Labute approximate surface area is 548 Å². The summed E-state index contributed by atoms with van der Waals surface area (Å²) >= 11 is 0. The van der Waals surface area contributed by atoms with Crippen LogP contribution in [0.25, 0.3) is 0 Å². The Bertz CT molecular complexity index is 1270. The summed E-state index contributed by atoms with van der Waals surface area (Å²) < 4.78 is 52.0. The Hall–Kier alpha value is -0.800. The summed E-state index contributed by atoms with van der Waals surface area (Å²) in [5, 5.41) is 19.2. The van der Waals surface area contributed by atoms with Crippen molar-refractivity contribution in [3.63, 3.8) is 0 Å². The summed E-state index contributed by atoms with van der Waals surface area (Å²) in [4.78, 5) is 0. The van der Waals surface area contributed by atoms with E-state index in [2.05, 4.69) is 126 Å².